The fourth-order valence-electron chi connectivity index (χ4n) is 3.25. The molecule has 2 rings (SSSR count). The minimum Gasteiger partial charge on any atom is -0.352 e. The number of hydrogen-bond acceptors (Lipinski definition) is 3. The zero-order valence-electron chi connectivity index (χ0n) is 13.1. The molecule has 1 aliphatic carbocycles. The second-order valence-corrected chi connectivity index (χ2v) is 6.26. The van der Waals surface area contributed by atoms with Crippen LogP contribution in [0.1, 0.15) is 51.4 Å². The predicted octanol–water partition coefficient (Wildman–Crippen LogP) is 2.14. The molecule has 2 fully saturated rings. The molecule has 5 nitrogen and oxygen atoms in total. The molecular weight excluding hydrogens is 278 g/mol. The Morgan fingerprint density at radius 1 is 1.14 bits per heavy atom. The molecule has 0 spiro atoms. The smallest absolute Gasteiger partial charge is 0.246 e. The fourth-order valence-corrected chi connectivity index (χ4v) is 3.25. The van der Waals surface area contributed by atoms with Crippen LogP contribution < -0.4 is 5.32 Å². The van der Waals surface area contributed by atoms with Gasteiger partial charge in [0.2, 0.25) is 11.8 Å². The maximum Gasteiger partial charge on any atom is 0.246 e. The summed E-state index contributed by atoms with van der Waals surface area (Å²) in [5.41, 5.74) is 0. The average Bonchev–Trinajstić information content (AvgIpc) is 2.54. The standard InChI is InChI=1S/C17H25N3O2/c18-11-8-16(21)19-15-9-12-20(13-10-15)17(22)7-6-14-4-2-1-3-5-14/h6-7,14-15H,1-5,8-10,12-13H2,(H,19,21)/b7-6+. The van der Waals surface area contributed by atoms with Gasteiger partial charge in [-0.1, -0.05) is 25.3 Å². The molecule has 1 saturated carbocycles. The first-order chi connectivity index (χ1) is 10.7. The summed E-state index contributed by atoms with van der Waals surface area (Å²) < 4.78 is 0. The summed E-state index contributed by atoms with van der Waals surface area (Å²) in [4.78, 5) is 25.4. The quantitative estimate of drug-likeness (QED) is 0.809. The number of nitriles is 1. The van der Waals surface area contributed by atoms with Crippen LogP contribution in [0, 0.1) is 17.2 Å². The van der Waals surface area contributed by atoms with Crippen LogP contribution >= 0.6 is 0 Å². The van der Waals surface area contributed by atoms with Gasteiger partial charge in [0, 0.05) is 19.1 Å². The second kappa shape index (κ2) is 8.57. The number of hydrogen-bond donors (Lipinski definition) is 1. The molecule has 0 unspecified atom stereocenters. The van der Waals surface area contributed by atoms with Gasteiger partial charge in [-0.25, -0.2) is 0 Å². The Labute approximate surface area is 132 Å². The van der Waals surface area contributed by atoms with Crippen molar-refractivity contribution in [2.24, 2.45) is 5.92 Å². The van der Waals surface area contributed by atoms with Gasteiger partial charge in [0.15, 0.2) is 0 Å². The van der Waals surface area contributed by atoms with Gasteiger partial charge in [-0.15, -0.1) is 0 Å². The molecule has 2 aliphatic rings. The van der Waals surface area contributed by atoms with E-state index in [9.17, 15) is 9.59 Å². The van der Waals surface area contributed by atoms with Gasteiger partial charge >= 0.3 is 0 Å². The Morgan fingerprint density at radius 2 is 1.82 bits per heavy atom. The van der Waals surface area contributed by atoms with Crippen molar-refractivity contribution in [3.05, 3.63) is 12.2 Å². The van der Waals surface area contributed by atoms with E-state index >= 15 is 0 Å². The van der Waals surface area contributed by atoms with E-state index in [1.165, 1.54) is 32.1 Å². The highest BCUT2D eigenvalue weighted by molar-refractivity contribution is 5.87. The van der Waals surface area contributed by atoms with Crippen LogP contribution in [-0.2, 0) is 9.59 Å². The average molecular weight is 303 g/mol. The van der Waals surface area contributed by atoms with Crippen molar-refractivity contribution >= 4 is 11.8 Å². The SMILES string of the molecule is N#CCC(=O)NC1CCN(C(=O)/C=C/C2CCCCC2)CC1. The number of rotatable bonds is 4. The zero-order chi connectivity index (χ0) is 15.8. The summed E-state index contributed by atoms with van der Waals surface area (Å²) >= 11 is 0. The van der Waals surface area contributed by atoms with Crippen LogP contribution in [0.3, 0.4) is 0 Å². The Hall–Kier alpha value is -1.83. The molecule has 1 saturated heterocycles. The monoisotopic (exact) mass is 303 g/mol. The number of piperidine rings is 1. The van der Waals surface area contributed by atoms with E-state index in [0.29, 0.717) is 19.0 Å². The van der Waals surface area contributed by atoms with Crippen molar-refractivity contribution in [3.8, 4) is 6.07 Å². The second-order valence-electron chi connectivity index (χ2n) is 6.26. The van der Waals surface area contributed by atoms with Crippen molar-refractivity contribution in [2.75, 3.05) is 13.1 Å². The molecule has 1 N–H and O–H groups in total. The lowest BCUT2D eigenvalue weighted by molar-refractivity contribution is -0.127. The molecule has 2 amide bonds. The Kier molecular flexibility index (Phi) is 6.45. The van der Waals surface area contributed by atoms with Crippen LogP contribution in [0.2, 0.25) is 0 Å². The lowest BCUT2D eigenvalue weighted by Gasteiger charge is -2.31. The number of allylic oxidation sites excluding steroid dienone is 1. The van der Waals surface area contributed by atoms with Gasteiger partial charge in [-0.05, 0) is 37.7 Å². The molecule has 0 aromatic rings. The van der Waals surface area contributed by atoms with Crippen LogP contribution in [0.4, 0.5) is 0 Å². The highest BCUT2D eigenvalue weighted by atomic mass is 16.2. The summed E-state index contributed by atoms with van der Waals surface area (Å²) in [6.45, 7) is 1.34. The number of likely N-dealkylation sites (tertiary alicyclic amines) is 1. The van der Waals surface area contributed by atoms with Crippen LogP contribution in [0.15, 0.2) is 12.2 Å². The van der Waals surface area contributed by atoms with Crippen LogP contribution in [0.25, 0.3) is 0 Å². The van der Waals surface area contributed by atoms with Gasteiger partial charge in [-0.3, -0.25) is 9.59 Å². The topological polar surface area (TPSA) is 73.2 Å². The Bertz CT molecular complexity index is 453. The molecular formula is C17H25N3O2. The molecule has 1 heterocycles. The van der Waals surface area contributed by atoms with Gasteiger partial charge in [0.25, 0.3) is 0 Å². The molecule has 1 aliphatic heterocycles. The first-order valence-corrected chi connectivity index (χ1v) is 8.32. The largest absolute Gasteiger partial charge is 0.352 e. The predicted molar refractivity (Wildman–Crippen MR) is 83.7 cm³/mol. The number of nitrogens with zero attached hydrogens (tertiary/aromatic N) is 2. The van der Waals surface area contributed by atoms with E-state index < -0.39 is 0 Å². The Morgan fingerprint density at radius 3 is 2.45 bits per heavy atom. The van der Waals surface area contributed by atoms with Gasteiger partial charge in [0.1, 0.15) is 6.42 Å². The van der Waals surface area contributed by atoms with E-state index in [4.69, 9.17) is 5.26 Å². The molecule has 22 heavy (non-hydrogen) atoms. The molecule has 0 radical (unpaired) electrons. The van der Waals surface area contributed by atoms with Crippen molar-refractivity contribution in [1.29, 1.82) is 5.26 Å². The maximum absolute atomic E-state index is 12.2. The van der Waals surface area contributed by atoms with Crippen LogP contribution in [-0.4, -0.2) is 35.8 Å². The summed E-state index contributed by atoms with van der Waals surface area (Å²) in [5, 5.41) is 11.3. The van der Waals surface area contributed by atoms with E-state index in [-0.39, 0.29) is 24.3 Å². The third-order valence-corrected chi connectivity index (χ3v) is 4.57. The normalized spacial score (nSPS) is 20.8. The molecule has 0 atom stereocenters. The lowest BCUT2D eigenvalue weighted by Crippen LogP contribution is -2.46. The van der Waals surface area contributed by atoms with Crippen molar-refractivity contribution < 1.29 is 9.59 Å². The number of carbonyl (C=O) groups is 2. The molecule has 120 valence electrons. The van der Waals surface area contributed by atoms with Crippen molar-refractivity contribution in [3.63, 3.8) is 0 Å². The molecule has 0 aromatic heterocycles. The third-order valence-electron chi connectivity index (χ3n) is 4.57. The third kappa shape index (κ3) is 5.18. The van der Waals surface area contributed by atoms with Gasteiger partial charge in [0.05, 0.1) is 6.07 Å². The van der Waals surface area contributed by atoms with Crippen molar-refractivity contribution in [1.82, 2.24) is 10.2 Å². The number of nitrogens with one attached hydrogen (secondary N) is 1. The first-order valence-electron chi connectivity index (χ1n) is 8.32. The minimum absolute atomic E-state index is 0.0900. The number of amides is 2. The molecule has 0 aromatic carbocycles. The summed E-state index contributed by atoms with van der Waals surface area (Å²) in [7, 11) is 0. The summed E-state index contributed by atoms with van der Waals surface area (Å²) in [5.74, 6) is 0.442. The Balaban J connectivity index is 1.71. The van der Waals surface area contributed by atoms with Gasteiger partial charge in [-0.2, -0.15) is 5.26 Å². The molecule has 0 bridgehead atoms. The first kappa shape index (κ1) is 16.5. The maximum atomic E-state index is 12.2. The number of carbonyl (C=O) groups excluding carboxylic acids is 2. The zero-order valence-corrected chi connectivity index (χ0v) is 13.1. The summed E-state index contributed by atoms with van der Waals surface area (Å²) in [6, 6.07) is 1.94. The van der Waals surface area contributed by atoms with E-state index in [1.807, 2.05) is 11.0 Å². The van der Waals surface area contributed by atoms with E-state index in [1.54, 1.807) is 6.08 Å². The van der Waals surface area contributed by atoms with Crippen molar-refractivity contribution in [2.45, 2.75) is 57.4 Å². The van der Waals surface area contributed by atoms with Crippen LogP contribution in [0.5, 0.6) is 0 Å². The lowest BCUT2D eigenvalue weighted by atomic mass is 9.89. The van der Waals surface area contributed by atoms with Gasteiger partial charge < -0.3 is 10.2 Å². The van der Waals surface area contributed by atoms with E-state index in [2.05, 4.69) is 11.4 Å². The highest BCUT2D eigenvalue weighted by Gasteiger charge is 2.22. The summed E-state index contributed by atoms with van der Waals surface area (Å²) in [6.07, 6.45) is 11.5. The molecule has 5 heteroatoms. The highest BCUT2D eigenvalue weighted by Crippen LogP contribution is 2.24. The fraction of sp³-hybridized carbons (Fsp3) is 0.706. The van der Waals surface area contributed by atoms with E-state index in [0.717, 1.165) is 12.8 Å². The minimum atomic E-state index is -0.218.